The van der Waals surface area contributed by atoms with Crippen LogP contribution in [0.15, 0.2) is 30.3 Å². The first-order chi connectivity index (χ1) is 13.7. The molecule has 2 fully saturated rings. The molecule has 3 atom stereocenters. The molecule has 160 valence electrons. The van der Waals surface area contributed by atoms with Crippen molar-refractivity contribution in [2.75, 3.05) is 7.11 Å². The van der Waals surface area contributed by atoms with Gasteiger partial charge in [-0.15, -0.1) is 0 Å². The number of carbonyl (C=O) groups excluding carboxylic acids is 2. The molecule has 0 radical (unpaired) electrons. The van der Waals surface area contributed by atoms with Crippen molar-refractivity contribution in [1.29, 1.82) is 0 Å². The third-order valence-corrected chi connectivity index (χ3v) is 6.72. The lowest BCUT2D eigenvalue weighted by Crippen LogP contribution is -2.46. The summed E-state index contributed by atoms with van der Waals surface area (Å²) in [5.74, 6) is -4.84. The topological polar surface area (TPSA) is 52.6 Å². The van der Waals surface area contributed by atoms with Gasteiger partial charge in [-0.3, -0.25) is 4.79 Å². The molecule has 3 rings (SSSR count). The lowest BCUT2D eigenvalue weighted by Gasteiger charge is -2.47. The van der Waals surface area contributed by atoms with Gasteiger partial charge in [-0.2, -0.15) is 8.78 Å². The first kappa shape index (κ1) is 21.7. The molecule has 0 amide bonds. The zero-order valence-electron chi connectivity index (χ0n) is 17.3. The summed E-state index contributed by atoms with van der Waals surface area (Å²) in [6.45, 7) is 4.15. The Hall–Kier alpha value is -1.98. The minimum Gasteiger partial charge on any atom is -0.464 e. The fourth-order valence-corrected chi connectivity index (χ4v) is 5.47. The molecule has 0 aromatic heterocycles. The van der Waals surface area contributed by atoms with Gasteiger partial charge in [-0.1, -0.05) is 44.2 Å². The average Bonchev–Trinajstić information content (AvgIpc) is 2.70. The van der Waals surface area contributed by atoms with E-state index < -0.39 is 29.4 Å². The molecule has 2 saturated carbocycles. The zero-order chi connectivity index (χ0) is 21.2. The quantitative estimate of drug-likeness (QED) is 0.598. The molecule has 3 unspecified atom stereocenters. The van der Waals surface area contributed by atoms with Crippen molar-refractivity contribution in [2.24, 2.45) is 23.2 Å². The number of hydrogen-bond acceptors (Lipinski definition) is 4. The third-order valence-electron chi connectivity index (χ3n) is 6.72. The Bertz CT molecular complexity index is 716. The molecule has 0 aliphatic heterocycles. The van der Waals surface area contributed by atoms with Crippen LogP contribution in [0.2, 0.25) is 0 Å². The highest BCUT2D eigenvalue weighted by Crippen LogP contribution is 2.53. The zero-order valence-corrected chi connectivity index (χ0v) is 17.3. The number of methoxy groups -OCH3 is 1. The molecule has 2 bridgehead atoms. The van der Waals surface area contributed by atoms with Crippen LogP contribution in [-0.2, 0) is 19.1 Å². The molecule has 0 saturated heterocycles. The molecule has 1 aromatic rings. The molecule has 2 aliphatic carbocycles. The summed E-state index contributed by atoms with van der Waals surface area (Å²) in [6.07, 6.45) is 3.08. The van der Waals surface area contributed by atoms with Crippen molar-refractivity contribution < 1.29 is 27.8 Å². The number of esters is 2. The number of halogens is 2. The minimum atomic E-state index is -3.97. The predicted octanol–water partition coefficient (Wildman–Crippen LogP) is 5.32. The summed E-state index contributed by atoms with van der Waals surface area (Å²) >= 11 is 0. The van der Waals surface area contributed by atoms with Gasteiger partial charge in [0.05, 0.1) is 12.5 Å². The lowest BCUT2D eigenvalue weighted by atomic mass is 9.58. The van der Waals surface area contributed by atoms with Gasteiger partial charge in [0.15, 0.2) is 0 Å². The van der Waals surface area contributed by atoms with Crippen molar-refractivity contribution in [3.63, 3.8) is 0 Å². The predicted molar refractivity (Wildman–Crippen MR) is 104 cm³/mol. The van der Waals surface area contributed by atoms with Gasteiger partial charge >= 0.3 is 17.9 Å². The second-order valence-corrected chi connectivity index (χ2v) is 8.90. The molecule has 6 heteroatoms. The maximum atomic E-state index is 14.9. The fourth-order valence-electron chi connectivity index (χ4n) is 5.47. The van der Waals surface area contributed by atoms with Crippen LogP contribution >= 0.6 is 0 Å². The SMILES string of the molecule is CCC1(C(=O)OC(c2ccccc2)C(F)(F)C(=O)OC)CC2CC(C)CC(C2)C1. The van der Waals surface area contributed by atoms with E-state index in [1.54, 1.807) is 18.2 Å². The number of hydrogen-bond donors (Lipinski definition) is 0. The Labute approximate surface area is 171 Å². The fraction of sp³-hybridized carbons (Fsp3) is 0.652. The lowest BCUT2D eigenvalue weighted by molar-refractivity contribution is -0.205. The third kappa shape index (κ3) is 4.31. The number of fused-ring (bicyclic) bond motifs is 2. The van der Waals surface area contributed by atoms with E-state index >= 15 is 0 Å². The number of carbonyl (C=O) groups is 2. The summed E-state index contributed by atoms with van der Waals surface area (Å²) in [7, 11) is 0.900. The van der Waals surface area contributed by atoms with E-state index in [1.165, 1.54) is 12.1 Å². The molecule has 4 nitrogen and oxygen atoms in total. The molecule has 0 heterocycles. The van der Waals surface area contributed by atoms with E-state index in [0.717, 1.165) is 26.4 Å². The number of alkyl halides is 2. The largest absolute Gasteiger partial charge is 0.464 e. The summed E-state index contributed by atoms with van der Waals surface area (Å²) < 4.78 is 39.5. The molecular formula is C23H30F2O4. The second-order valence-electron chi connectivity index (χ2n) is 8.90. The number of benzene rings is 1. The highest BCUT2D eigenvalue weighted by molar-refractivity contribution is 5.81. The van der Waals surface area contributed by atoms with Crippen LogP contribution in [0.5, 0.6) is 0 Å². The highest BCUT2D eigenvalue weighted by atomic mass is 19.3. The number of ether oxygens (including phenoxy) is 2. The Kier molecular flexibility index (Phi) is 6.30. The van der Waals surface area contributed by atoms with Gasteiger partial charge in [-0.25, -0.2) is 4.79 Å². The van der Waals surface area contributed by atoms with Gasteiger partial charge in [0.25, 0.3) is 0 Å². The van der Waals surface area contributed by atoms with Gasteiger partial charge in [-0.05, 0) is 61.8 Å². The van der Waals surface area contributed by atoms with Crippen molar-refractivity contribution in [3.05, 3.63) is 35.9 Å². The van der Waals surface area contributed by atoms with Crippen molar-refractivity contribution in [2.45, 2.75) is 64.4 Å². The Balaban J connectivity index is 1.88. The summed E-state index contributed by atoms with van der Waals surface area (Å²) in [5.41, 5.74) is -0.695. The van der Waals surface area contributed by atoms with Crippen molar-refractivity contribution >= 4 is 11.9 Å². The summed E-state index contributed by atoms with van der Waals surface area (Å²) in [5, 5.41) is 0. The number of rotatable bonds is 6. The van der Waals surface area contributed by atoms with E-state index in [2.05, 4.69) is 11.7 Å². The van der Waals surface area contributed by atoms with Crippen LogP contribution in [-0.4, -0.2) is 25.0 Å². The molecule has 1 aromatic carbocycles. The standard InChI is InChI=1S/C23H30F2O4/c1-4-22(13-16-10-15(2)11-17(12-16)14-22)20(26)29-19(18-8-6-5-7-9-18)23(24,25)21(27)28-3/h5-9,15-17,19H,4,10-14H2,1-3H3. The smallest absolute Gasteiger partial charge is 0.382 e. The van der Waals surface area contributed by atoms with Gasteiger partial charge in [0.2, 0.25) is 6.10 Å². The second kappa shape index (κ2) is 8.41. The first-order valence-electron chi connectivity index (χ1n) is 10.4. The van der Waals surface area contributed by atoms with E-state index in [4.69, 9.17) is 4.74 Å². The van der Waals surface area contributed by atoms with Crippen LogP contribution in [0.1, 0.15) is 64.0 Å². The van der Waals surface area contributed by atoms with Gasteiger partial charge in [0.1, 0.15) is 0 Å². The first-order valence-corrected chi connectivity index (χ1v) is 10.4. The van der Waals surface area contributed by atoms with E-state index in [9.17, 15) is 18.4 Å². The highest BCUT2D eigenvalue weighted by Gasteiger charge is 2.55. The van der Waals surface area contributed by atoms with E-state index in [1.807, 2.05) is 6.92 Å². The molecular weight excluding hydrogens is 378 g/mol. The molecule has 0 N–H and O–H groups in total. The average molecular weight is 408 g/mol. The van der Waals surface area contributed by atoms with Crippen LogP contribution < -0.4 is 0 Å². The molecule has 0 spiro atoms. The Morgan fingerprint density at radius 3 is 2.24 bits per heavy atom. The van der Waals surface area contributed by atoms with Crippen molar-refractivity contribution in [1.82, 2.24) is 0 Å². The maximum Gasteiger partial charge on any atom is 0.382 e. The van der Waals surface area contributed by atoms with Crippen molar-refractivity contribution in [3.8, 4) is 0 Å². The minimum absolute atomic E-state index is 0.0760. The van der Waals surface area contributed by atoms with Gasteiger partial charge in [0, 0.05) is 0 Å². The van der Waals surface area contributed by atoms with Crippen LogP contribution in [0.4, 0.5) is 8.78 Å². The normalized spacial score (nSPS) is 30.3. The molecule has 2 aliphatic rings. The van der Waals surface area contributed by atoms with Crippen LogP contribution in [0.3, 0.4) is 0 Å². The Morgan fingerprint density at radius 2 is 1.72 bits per heavy atom. The van der Waals surface area contributed by atoms with Gasteiger partial charge < -0.3 is 9.47 Å². The van der Waals surface area contributed by atoms with Crippen LogP contribution in [0, 0.1) is 23.2 Å². The van der Waals surface area contributed by atoms with E-state index in [0.29, 0.717) is 37.0 Å². The summed E-state index contributed by atoms with van der Waals surface area (Å²) in [4.78, 5) is 25.1. The Morgan fingerprint density at radius 1 is 1.14 bits per heavy atom. The maximum absolute atomic E-state index is 14.9. The summed E-state index contributed by atoms with van der Waals surface area (Å²) in [6, 6.07) is 7.70. The monoisotopic (exact) mass is 408 g/mol. The van der Waals surface area contributed by atoms with E-state index in [-0.39, 0.29) is 5.56 Å². The van der Waals surface area contributed by atoms with Crippen LogP contribution in [0.25, 0.3) is 0 Å². The molecule has 29 heavy (non-hydrogen) atoms.